The van der Waals surface area contributed by atoms with Gasteiger partial charge in [-0.2, -0.15) is 0 Å². The summed E-state index contributed by atoms with van der Waals surface area (Å²) in [5, 5.41) is 0. The Morgan fingerprint density at radius 3 is 2.80 bits per heavy atom. The van der Waals surface area contributed by atoms with Gasteiger partial charge in [0.05, 0.1) is 13.2 Å². The molecule has 1 aliphatic heterocycles. The van der Waals surface area contributed by atoms with Crippen LogP contribution in [0.25, 0.3) is 0 Å². The van der Waals surface area contributed by atoms with Crippen molar-refractivity contribution < 1.29 is 19.0 Å². The first-order valence-electron chi connectivity index (χ1n) is 5.27. The Labute approximate surface area is 90.2 Å². The van der Waals surface area contributed by atoms with Crippen LogP contribution < -0.4 is 0 Å². The molecule has 0 bridgehead atoms. The number of ether oxygens (including phenoxy) is 3. The van der Waals surface area contributed by atoms with Crippen molar-refractivity contribution in [3.05, 3.63) is 12.7 Å². The van der Waals surface area contributed by atoms with Gasteiger partial charge in [-0.1, -0.05) is 6.08 Å². The largest absolute Gasteiger partial charge is 0.466 e. The van der Waals surface area contributed by atoms with E-state index in [0.29, 0.717) is 19.8 Å². The standard InChI is InChI=1S/C11H18O4/c1-4-8-7-15-11(14-6-3)9(8)10(12)13-5-2/h4,8-9,11H,1,5-7H2,2-3H3/t8-,9-,11+/m0/s1. The molecular weight excluding hydrogens is 196 g/mol. The number of rotatable bonds is 5. The fourth-order valence-corrected chi connectivity index (χ4v) is 1.67. The first kappa shape index (κ1) is 12.2. The SMILES string of the molecule is C=C[C@H]1CO[C@@H](OCC)[C@@H]1C(=O)OCC. The highest BCUT2D eigenvalue weighted by Crippen LogP contribution is 2.29. The minimum Gasteiger partial charge on any atom is -0.466 e. The highest BCUT2D eigenvalue weighted by molar-refractivity contribution is 5.74. The Balaban J connectivity index is 2.66. The lowest BCUT2D eigenvalue weighted by molar-refractivity contribution is -0.168. The smallest absolute Gasteiger partial charge is 0.314 e. The van der Waals surface area contributed by atoms with Crippen molar-refractivity contribution in [3.8, 4) is 0 Å². The highest BCUT2D eigenvalue weighted by Gasteiger charge is 2.42. The minimum atomic E-state index is -0.489. The first-order valence-corrected chi connectivity index (χ1v) is 5.27. The summed E-state index contributed by atoms with van der Waals surface area (Å²) < 4.78 is 15.7. The Kier molecular flexibility index (Phi) is 4.78. The molecule has 0 N–H and O–H groups in total. The quantitative estimate of drug-likeness (QED) is 0.512. The summed E-state index contributed by atoms with van der Waals surface area (Å²) in [6.07, 6.45) is 1.23. The van der Waals surface area contributed by atoms with Gasteiger partial charge in [0, 0.05) is 12.5 Å². The van der Waals surface area contributed by atoms with Crippen molar-refractivity contribution in [1.82, 2.24) is 0 Å². The third-order valence-corrected chi connectivity index (χ3v) is 2.40. The zero-order chi connectivity index (χ0) is 11.3. The zero-order valence-corrected chi connectivity index (χ0v) is 9.27. The molecule has 0 aromatic carbocycles. The van der Waals surface area contributed by atoms with Gasteiger partial charge in [-0.3, -0.25) is 4.79 Å². The molecule has 0 amide bonds. The number of carbonyl (C=O) groups excluding carboxylic acids is 1. The molecule has 0 spiro atoms. The van der Waals surface area contributed by atoms with Crippen LogP contribution in [0.1, 0.15) is 13.8 Å². The summed E-state index contributed by atoms with van der Waals surface area (Å²) in [6, 6.07) is 0. The second kappa shape index (κ2) is 5.88. The maximum Gasteiger partial charge on any atom is 0.314 e. The Morgan fingerprint density at radius 2 is 2.27 bits per heavy atom. The van der Waals surface area contributed by atoms with E-state index in [0.717, 1.165) is 0 Å². The third kappa shape index (κ3) is 2.79. The fourth-order valence-electron chi connectivity index (χ4n) is 1.67. The van der Waals surface area contributed by atoms with Gasteiger partial charge in [0.1, 0.15) is 5.92 Å². The number of carbonyl (C=O) groups is 1. The maximum atomic E-state index is 11.7. The minimum absolute atomic E-state index is 0.0133. The molecule has 4 heteroatoms. The lowest BCUT2D eigenvalue weighted by Crippen LogP contribution is -2.32. The average Bonchev–Trinajstić information content (AvgIpc) is 2.62. The van der Waals surface area contributed by atoms with E-state index >= 15 is 0 Å². The van der Waals surface area contributed by atoms with Crippen molar-refractivity contribution in [1.29, 1.82) is 0 Å². The van der Waals surface area contributed by atoms with Crippen molar-refractivity contribution >= 4 is 5.97 Å². The van der Waals surface area contributed by atoms with Gasteiger partial charge in [-0.05, 0) is 13.8 Å². The summed E-state index contributed by atoms with van der Waals surface area (Å²) in [6.45, 7) is 8.70. The van der Waals surface area contributed by atoms with Crippen LogP contribution in [0, 0.1) is 11.8 Å². The predicted molar refractivity (Wildman–Crippen MR) is 55.2 cm³/mol. The molecule has 0 aromatic heterocycles. The van der Waals surface area contributed by atoms with Gasteiger partial charge in [-0.15, -0.1) is 6.58 Å². The van der Waals surface area contributed by atoms with E-state index in [9.17, 15) is 4.79 Å². The molecule has 1 rings (SSSR count). The molecular formula is C11H18O4. The van der Waals surface area contributed by atoms with Crippen LogP contribution in [0.4, 0.5) is 0 Å². The second-order valence-corrected chi connectivity index (χ2v) is 3.33. The molecule has 1 heterocycles. The van der Waals surface area contributed by atoms with Crippen LogP contribution in [-0.4, -0.2) is 32.1 Å². The van der Waals surface area contributed by atoms with Gasteiger partial charge in [0.15, 0.2) is 6.29 Å². The molecule has 4 nitrogen and oxygen atoms in total. The first-order chi connectivity index (χ1) is 7.24. The molecule has 0 saturated carbocycles. The summed E-state index contributed by atoms with van der Waals surface area (Å²) in [7, 11) is 0. The van der Waals surface area contributed by atoms with Gasteiger partial charge >= 0.3 is 5.97 Å². The molecule has 86 valence electrons. The molecule has 0 aromatic rings. The van der Waals surface area contributed by atoms with Gasteiger partial charge in [-0.25, -0.2) is 0 Å². The molecule has 0 aliphatic carbocycles. The second-order valence-electron chi connectivity index (χ2n) is 3.33. The van der Waals surface area contributed by atoms with Crippen LogP contribution in [0.15, 0.2) is 12.7 Å². The topological polar surface area (TPSA) is 44.8 Å². The number of hydrogen-bond donors (Lipinski definition) is 0. The molecule has 0 unspecified atom stereocenters. The number of hydrogen-bond acceptors (Lipinski definition) is 4. The van der Waals surface area contributed by atoms with Crippen LogP contribution in [0.5, 0.6) is 0 Å². The maximum absolute atomic E-state index is 11.7. The van der Waals surface area contributed by atoms with E-state index in [1.165, 1.54) is 0 Å². The molecule has 15 heavy (non-hydrogen) atoms. The van der Waals surface area contributed by atoms with E-state index in [1.807, 2.05) is 6.92 Å². The molecule has 1 aliphatic rings. The van der Waals surface area contributed by atoms with Crippen LogP contribution in [-0.2, 0) is 19.0 Å². The van der Waals surface area contributed by atoms with Crippen molar-refractivity contribution in [3.63, 3.8) is 0 Å². The Hall–Kier alpha value is -0.870. The van der Waals surface area contributed by atoms with E-state index < -0.39 is 6.29 Å². The average molecular weight is 214 g/mol. The van der Waals surface area contributed by atoms with Crippen molar-refractivity contribution in [2.24, 2.45) is 11.8 Å². The van der Waals surface area contributed by atoms with Crippen LogP contribution >= 0.6 is 0 Å². The summed E-state index contributed by atoms with van der Waals surface area (Å²) >= 11 is 0. The van der Waals surface area contributed by atoms with E-state index in [-0.39, 0.29) is 17.8 Å². The fraction of sp³-hybridized carbons (Fsp3) is 0.727. The van der Waals surface area contributed by atoms with E-state index in [1.54, 1.807) is 13.0 Å². The molecule has 0 radical (unpaired) electrons. The summed E-state index contributed by atoms with van der Waals surface area (Å²) in [5.41, 5.74) is 0. The zero-order valence-electron chi connectivity index (χ0n) is 9.27. The highest BCUT2D eigenvalue weighted by atomic mass is 16.7. The van der Waals surface area contributed by atoms with Crippen molar-refractivity contribution in [2.45, 2.75) is 20.1 Å². The number of esters is 1. The van der Waals surface area contributed by atoms with E-state index in [4.69, 9.17) is 14.2 Å². The van der Waals surface area contributed by atoms with E-state index in [2.05, 4.69) is 6.58 Å². The van der Waals surface area contributed by atoms with Gasteiger partial charge in [0.2, 0.25) is 0 Å². The summed E-state index contributed by atoms with van der Waals surface area (Å²) in [4.78, 5) is 11.7. The lowest BCUT2D eigenvalue weighted by atomic mass is 9.95. The monoisotopic (exact) mass is 214 g/mol. The van der Waals surface area contributed by atoms with Crippen LogP contribution in [0.2, 0.25) is 0 Å². The lowest BCUT2D eigenvalue weighted by Gasteiger charge is -2.19. The Bertz CT molecular complexity index is 227. The van der Waals surface area contributed by atoms with Gasteiger partial charge < -0.3 is 14.2 Å². The molecule has 1 saturated heterocycles. The predicted octanol–water partition coefficient (Wildman–Crippen LogP) is 1.36. The normalized spacial score (nSPS) is 30.1. The Morgan fingerprint density at radius 1 is 1.53 bits per heavy atom. The van der Waals surface area contributed by atoms with Crippen LogP contribution in [0.3, 0.4) is 0 Å². The third-order valence-electron chi connectivity index (χ3n) is 2.40. The molecule has 3 atom stereocenters. The van der Waals surface area contributed by atoms with Gasteiger partial charge in [0.25, 0.3) is 0 Å². The molecule has 1 fully saturated rings. The summed E-state index contributed by atoms with van der Waals surface area (Å²) in [5.74, 6) is -0.652. The van der Waals surface area contributed by atoms with Crippen molar-refractivity contribution in [2.75, 3.05) is 19.8 Å².